The van der Waals surface area contributed by atoms with Gasteiger partial charge < -0.3 is 30.2 Å². The van der Waals surface area contributed by atoms with Crippen LogP contribution in [0.2, 0.25) is 0 Å². The minimum absolute atomic E-state index is 0.0469. The number of hydrogen-bond donors (Lipinski definition) is 2. The number of piperazine rings is 1. The first kappa shape index (κ1) is 28.9. The molecule has 2 aromatic heterocycles. The third-order valence-electron chi connectivity index (χ3n) is 9.92. The highest BCUT2D eigenvalue weighted by Gasteiger charge is 2.47. The molecule has 4 bridgehead atoms. The number of fused-ring (bicyclic) bond motifs is 7. The van der Waals surface area contributed by atoms with Crippen molar-refractivity contribution in [2.75, 3.05) is 43.5 Å². The second-order valence-corrected chi connectivity index (χ2v) is 12.7. The lowest BCUT2D eigenvalue weighted by Crippen LogP contribution is -2.62. The molecule has 0 radical (unpaired) electrons. The van der Waals surface area contributed by atoms with E-state index in [2.05, 4.69) is 25.1 Å². The highest BCUT2D eigenvalue weighted by molar-refractivity contribution is 5.97. The minimum atomic E-state index is -5.04. The number of anilines is 2. The zero-order chi connectivity index (χ0) is 31.4. The van der Waals surface area contributed by atoms with Gasteiger partial charge in [-0.05, 0) is 44.7 Å². The predicted octanol–water partition coefficient (Wildman–Crippen LogP) is 3.82. The van der Waals surface area contributed by atoms with Gasteiger partial charge in [0.1, 0.15) is 40.9 Å². The topological polar surface area (TPSA) is 111 Å². The Morgan fingerprint density at radius 2 is 1.93 bits per heavy atom. The van der Waals surface area contributed by atoms with Gasteiger partial charge in [-0.3, -0.25) is 4.90 Å². The van der Waals surface area contributed by atoms with Crippen molar-refractivity contribution in [2.45, 2.75) is 75.7 Å². The second-order valence-electron chi connectivity index (χ2n) is 12.7. The van der Waals surface area contributed by atoms with Gasteiger partial charge in [-0.15, -0.1) is 0 Å². The fourth-order valence-electron chi connectivity index (χ4n) is 7.80. The number of halogens is 5. The quantitative estimate of drug-likeness (QED) is 0.325. The average molecular weight is 634 g/mol. The molecule has 0 saturated carbocycles. The van der Waals surface area contributed by atoms with Gasteiger partial charge >= 0.3 is 12.2 Å². The lowest BCUT2D eigenvalue weighted by atomic mass is 9.96. The molecule has 1 aromatic carbocycles. The summed E-state index contributed by atoms with van der Waals surface area (Å²) in [6.45, 7) is 5.68. The molecule has 3 aromatic rings. The first-order valence-electron chi connectivity index (χ1n) is 15.2. The molecule has 0 aliphatic carbocycles. The van der Waals surface area contributed by atoms with Gasteiger partial charge in [-0.1, -0.05) is 0 Å². The van der Waals surface area contributed by atoms with Gasteiger partial charge in [-0.25, -0.2) is 13.8 Å². The summed E-state index contributed by atoms with van der Waals surface area (Å²) in [5, 5.41) is 3.75. The Bertz CT molecular complexity index is 1710. The molecule has 0 spiro atoms. The highest BCUT2D eigenvalue weighted by Crippen LogP contribution is 2.47. The van der Waals surface area contributed by atoms with Gasteiger partial charge in [0.05, 0.1) is 36.0 Å². The predicted molar refractivity (Wildman–Crippen MR) is 153 cm³/mol. The number of aromatic nitrogens is 3. The van der Waals surface area contributed by atoms with E-state index in [1.807, 2.05) is 6.92 Å². The Labute approximate surface area is 255 Å². The van der Waals surface area contributed by atoms with Crippen molar-refractivity contribution in [3.63, 3.8) is 0 Å². The molecular weight excluding hydrogens is 601 g/mol. The maximum atomic E-state index is 16.7. The molecule has 10 nitrogen and oxygen atoms in total. The van der Waals surface area contributed by atoms with Crippen molar-refractivity contribution in [2.24, 2.45) is 0 Å². The lowest BCUT2D eigenvalue weighted by Gasteiger charge is -2.42. The van der Waals surface area contributed by atoms with Crippen LogP contribution in [0.3, 0.4) is 0 Å². The number of nitrogens with two attached hydrogens (primary N) is 1. The van der Waals surface area contributed by atoms with Crippen molar-refractivity contribution in [3.05, 3.63) is 28.8 Å². The molecule has 3 N–H and O–H groups in total. The van der Waals surface area contributed by atoms with Crippen LogP contribution in [0.4, 0.5) is 33.5 Å². The molecule has 45 heavy (non-hydrogen) atoms. The molecule has 4 saturated heterocycles. The third kappa shape index (κ3) is 4.56. The van der Waals surface area contributed by atoms with E-state index < -0.39 is 52.0 Å². The van der Waals surface area contributed by atoms with E-state index in [1.165, 1.54) is 0 Å². The van der Waals surface area contributed by atoms with Crippen LogP contribution >= 0.6 is 0 Å². The van der Waals surface area contributed by atoms with Gasteiger partial charge in [0, 0.05) is 37.3 Å². The SMILES string of the molecule is Cc1c(F)c(N)cc(-c2nc3c4c(nc(OC[C@@H]5CO[C@H]6CC[N@]5C6)nc4c2F)N2C[C@H]4CC[C@H](N4)[C@H]2[C@H](C)O3)c1C(F)(F)F. The van der Waals surface area contributed by atoms with E-state index in [0.29, 0.717) is 19.0 Å². The number of nitrogens with one attached hydrogen (secondary N) is 1. The Morgan fingerprint density at radius 3 is 2.73 bits per heavy atom. The molecule has 7 heterocycles. The van der Waals surface area contributed by atoms with Crippen LogP contribution in [0, 0.1) is 18.6 Å². The maximum absolute atomic E-state index is 16.7. The van der Waals surface area contributed by atoms with Crippen molar-refractivity contribution >= 4 is 22.4 Å². The Balaban J connectivity index is 1.31. The molecule has 15 heteroatoms. The van der Waals surface area contributed by atoms with Crippen LogP contribution in [0.5, 0.6) is 11.9 Å². The molecule has 4 fully saturated rings. The number of pyridine rings is 1. The van der Waals surface area contributed by atoms with E-state index in [0.717, 1.165) is 45.3 Å². The largest absolute Gasteiger partial charge is 0.472 e. The van der Waals surface area contributed by atoms with Crippen LogP contribution in [0.25, 0.3) is 22.2 Å². The van der Waals surface area contributed by atoms with Crippen LogP contribution in [-0.2, 0) is 10.9 Å². The summed E-state index contributed by atoms with van der Waals surface area (Å²) in [7, 11) is 0. The fraction of sp³-hybridized carbons (Fsp3) is 0.567. The number of alkyl halides is 3. The fourth-order valence-corrected chi connectivity index (χ4v) is 7.80. The van der Waals surface area contributed by atoms with E-state index >= 15 is 4.39 Å². The van der Waals surface area contributed by atoms with Crippen LogP contribution in [0.15, 0.2) is 6.07 Å². The summed E-state index contributed by atoms with van der Waals surface area (Å²) in [5.41, 5.74) is 1.35. The molecule has 0 amide bonds. The van der Waals surface area contributed by atoms with Gasteiger partial charge in [-0.2, -0.15) is 23.1 Å². The second kappa shape index (κ2) is 10.2. The van der Waals surface area contributed by atoms with Gasteiger partial charge in [0.15, 0.2) is 5.82 Å². The van der Waals surface area contributed by atoms with E-state index in [1.54, 1.807) is 0 Å². The number of hydrogen-bond acceptors (Lipinski definition) is 10. The molecule has 8 rings (SSSR count). The van der Waals surface area contributed by atoms with Crippen LogP contribution in [0.1, 0.15) is 37.3 Å². The first-order chi connectivity index (χ1) is 21.5. The van der Waals surface area contributed by atoms with Gasteiger partial charge in [0.25, 0.3) is 0 Å². The zero-order valence-corrected chi connectivity index (χ0v) is 24.6. The number of nitrogens with zero attached hydrogens (tertiary/aromatic N) is 5. The Kier molecular flexibility index (Phi) is 6.56. The van der Waals surface area contributed by atoms with Crippen LogP contribution < -0.4 is 25.4 Å². The standard InChI is InChI=1S/C30H32F5N7O3/c1-12-21(30(33,34)35)17(7-18(36)22(12)31)24-23(32)25-20-27(40-29(39-25)44-11-15-10-43-16-5-6-41(15)9-16)42-8-14-3-4-19(37-14)26(42)13(2)45-28(20)38-24/h7,13-16,19,26,37H,3-6,8-11,36H2,1-2H3/t13-,14+,15-,16-,19-,26+/m0/s1. The minimum Gasteiger partial charge on any atom is -0.472 e. The average Bonchev–Trinajstić information content (AvgIpc) is 3.54. The monoisotopic (exact) mass is 633 g/mol. The molecule has 240 valence electrons. The summed E-state index contributed by atoms with van der Waals surface area (Å²) in [5.74, 6) is -2.14. The van der Waals surface area contributed by atoms with Crippen molar-refractivity contribution in [3.8, 4) is 23.1 Å². The molecule has 5 aliphatic heterocycles. The molecular formula is C30H32F5N7O3. The number of ether oxygens (including phenoxy) is 3. The van der Waals surface area contributed by atoms with Crippen molar-refractivity contribution < 1.29 is 36.2 Å². The smallest absolute Gasteiger partial charge is 0.417 e. The summed E-state index contributed by atoms with van der Waals surface area (Å²) < 4.78 is 92.8. The van der Waals surface area contributed by atoms with E-state index in [-0.39, 0.29) is 59.7 Å². The Morgan fingerprint density at radius 1 is 1.11 bits per heavy atom. The van der Waals surface area contributed by atoms with Crippen molar-refractivity contribution in [1.82, 2.24) is 25.2 Å². The van der Waals surface area contributed by atoms with Gasteiger partial charge in [0.2, 0.25) is 5.88 Å². The van der Waals surface area contributed by atoms with Crippen LogP contribution in [-0.4, -0.2) is 89.1 Å². The number of rotatable bonds is 4. The number of morpholine rings is 1. The maximum Gasteiger partial charge on any atom is 0.417 e. The first-order valence-corrected chi connectivity index (χ1v) is 15.2. The zero-order valence-electron chi connectivity index (χ0n) is 24.6. The Hall–Kier alpha value is -3.56. The van der Waals surface area contributed by atoms with Crippen molar-refractivity contribution in [1.29, 1.82) is 0 Å². The molecule has 0 unspecified atom stereocenters. The third-order valence-corrected chi connectivity index (χ3v) is 9.92. The lowest BCUT2D eigenvalue weighted by molar-refractivity contribution is -0.137. The molecule has 7 atom stereocenters. The highest BCUT2D eigenvalue weighted by atomic mass is 19.4. The number of benzene rings is 1. The number of nitrogen functional groups attached to an aromatic ring is 1. The van der Waals surface area contributed by atoms with E-state index in [9.17, 15) is 17.6 Å². The molecule has 5 aliphatic rings. The summed E-state index contributed by atoms with van der Waals surface area (Å²) in [4.78, 5) is 17.8. The summed E-state index contributed by atoms with van der Waals surface area (Å²) in [6.07, 6.45) is -2.55. The summed E-state index contributed by atoms with van der Waals surface area (Å²) in [6, 6.07) is 0.581. The normalized spacial score (nSPS) is 30.3. The van der Waals surface area contributed by atoms with E-state index in [4.69, 9.17) is 24.9 Å². The summed E-state index contributed by atoms with van der Waals surface area (Å²) >= 11 is 0.